The second-order valence-electron chi connectivity index (χ2n) is 7.06. The summed E-state index contributed by atoms with van der Waals surface area (Å²) in [5, 5.41) is 3.58. The standard InChI is InChI=1S/C15H28N2/c16-3-1-4-17-5-2-15-9-12-6-13(10-15)8-14(7-12)11-15/h12-14,17H,1-11,16H2. The molecule has 0 unspecified atom stereocenters. The summed E-state index contributed by atoms with van der Waals surface area (Å²) < 4.78 is 0. The van der Waals surface area contributed by atoms with E-state index in [2.05, 4.69) is 5.32 Å². The zero-order valence-corrected chi connectivity index (χ0v) is 11.1. The first kappa shape index (κ1) is 12.0. The third kappa shape index (κ3) is 2.53. The van der Waals surface area contributed by atoms with Crippen LogP contribution in [0.3, 0.4) is 0 Å². The van der Waals surface area contributed by atoms with E-state index in [-0.39, 0.29) is 0 Å². The van der Waals surface area contributed by atoms with E-state index in [0.29, 0.717) is 0 Å². The number of nitrogens with one attached hydrogen (secondary N) is 1. The van der Waals surface area contributed by atoms with Crippen LogP contribution in [0, 0.1) is 23.2 Å². The van der Waals surface area contributed by atoms with Crippen molar-refractivity contribution in [3.8, 4) is 0 Å². The van der Waals surface area contributed by atoms with Crippen LogP contribution < -0.4 is 11.1 Å². The van der Waals surface area contributed by atoms with Crippen LogP contribution >= 0.6 is 0 Å². The van der Waals surface area contributed by atoms with Crippen LogP contribution in [0.1, 0.15) is 51.4 Å². The van der Waals surface area contributed by atoms with Crippen molar-refractivity contribution in [2.75, 3.05) is 19.6 Å². The van der Waals surface area contributed by atoms with Gasteiger partial charge in [-0.25, -0.2) is 0 Å². The maximum Gasteiger partial charge on any atom is -0.00369 e. The minimum absolute atomic E-state index is 0.754. The van der Waals surface area contributed by atoms with Gasteiger partial charge in [0.05, 0.1) is 0 Å². The van der Waals surface area contributed by atoms with E-state index >= 15 is 0 Å². The molecule has 0 spiro atoms. The van der Waals surface area contributed by atoms with E-state index in [1.54, 1.807) is 38.5 Å². The third-order valence-electron chi connectivity index (χ3n) is 5.55. The highest BCUT2D eigenvalue weighted by atomic mass is 14.9. The van der Waals surface area contributed by atoms with Crippen molar-refractivity contribution in [2.45, 2.75) is 51.4 Å². The highest BCUT2D eigenvalue weighted by Crippen LogP contribution is 2.61. The molecular formula is C15H28N2. The topological polar surface area (TPSA) is 38.0 Å². The van der Waals surface area contributed by atoms with E-state index in [4.69, 9.17) is 5.73 Å². The van der Waals surface area contributed by atoms with Gasteiger partial charge >= 0.3 is 0 Å². The molecule has 2 nitrogen and oxygen atoms in total. The molecule has 4 aliphatic carbocycles. The molecule has 2 heteroatoms. The Morgan fingerprint density at radius 1 is 0.941 bits per heavy atom. The van der Waals surface area contributed by atoms with Gasteiger partial charge in [-0.3, -0.25) is 0 Å². The van der Waals surface area contributed by atoms with Gasteiger partial charge in [0.1, 0.15) is 0 Å². The molecule has 0 radical (unpaired) electrons. The van der Waals surface area contributed by atoms with Crippen LogP contribution in [0.15, 0.2) is 0 Å². The van der Waals surface area contributed by atoms with E-state index in [0.717, 1.165) is 42.7 Å². The van der Waals surface area contributed by atoms with Gasteiger partial charge in [0, 0.05) is 0 Å². The minimum Gasteiger partial charge on any atom is -0.330 e. The Hall–Kier alpha value is -0.0800. The van der Waals surface area contributed by atoms with Crippen LogP contribution in [0.5, 0.6) is 0 Å². The van der Waals surface area contributed by atoms with Crippen molar-refractivity contribution in [2.24, 2.45) is 28.9 Å². The predicted octanol–water partition coefficient (Wildman–Crippen LogP) is 2.53. The maximum atomic E-state index is 5.52. The van der Waals surface area contributed by atoms with Gasteiger partial charge in [0.15, 0.2) is 0 Å². The van der Waals surface area contributed by atoms with Gasteiger partial charge in [-0.15, -0.1) is 0 Å². The summed E-state index contributed by atoms with van der Waals surface area (Å²) in [5.74, 6) is 3.31. The lowest BCUT2D eigenvalue weighted by Crippen LogP contribution is -2.47. The van der Waals surface area contributed by atoms with Crippen LogP contribution in [-0.2, 0) is 0 Å². The predicted molar refractivity (Wildman–Crippen MR) is 71.8 cm³/mol. The Labute approximate surface area is 106 Å². The first-order valence-corrected chi connectivity index (χ1v) is 7.70. The molecule has 17 heavy (non-hydrogen) atoms. The van der Waals surface area contributed by atoms with Crippen molar-refractivity contribution in [1.82, 2.24) is 5.32 Å². The lowest BCUT2D eigenvalue weighted by molar-refractivity contribution is -0.0567. The summed E-state index contributed by atoms with van der Waals surface area (Å²) in [6.45, 7) is 3.17. The van der Waals surface area contributed by atoms with Gasteiger partial charge in [-0.2, -0.15) is 0 Å². The molecule has 98 valence electrons. The Bertz CT molecular complexity index is 226. The quantitative estimate of drug-likeness (QED) is 0.696. The van der Waals surface area contributed by atoms with Gasteiger partial charge in [-0.05, 0) is 94.2 Å². The number of hydrogen-bond donors (Lipinski definition) is 2. The van der Waals surface area contributed by atoms with E-state index in [1.165, 1.54) is 13.0 Å². The molecule has 3 N–H and O–H groups in total. The number of rotatable bonds is 6. The van der Waals surface area contributed by atoms with E-state index in [1.807, 2.05) is 0 Å². The zero-order chi connectivity index (χ0) is 11.7. The molecule has 0 saturated heterocycles. The number of nitrogens with two attached hydrogens (primary N) is 1. The van der Waals surface area contributed by atoms with Crippen molar-refractivity contribution in [1.29, 1.82) is 0 Å². The summed E-state index contributed by atoms with van der Waals surface area (Å²) in [7, 11) is 0. The van der Waals surface area contributed by atoms with Crippen molar-refractivity contribution < 1.29 is 0 Å². The Morgan fingerprint density at radius 2 is 1.53 bits per heavy atom. The summed E-state index contributed by atoms with van der Waals surface area (Å²) in [5.41, 5.74) is 6.27. The normalized spacial score (nSPS) is 43.2. The Balaban J connectivity index is 1.49. The Kier molecular flexibility index (Phi) is 3.45. The van der Waals surface area contributed by atoms with E-state index in [9.17, 15) is 0 Å². The molecule has 0 amide bonds. The second-order valence-corrected chi connectivity index (χ2v) is 7.06. The molecule has 0 heterocycles. The van der Waals surface area contributed by atoms with Crippen LogP contribution in [0.4, 0.5) is 0 Å². The highest BCUT2D eigenvalue weighted by molar-refractivity contribution is 5.01. The fourth-order valence-electron chi connectivity index (χ4n) is 5.30. The molecular weight excluding hydrogens is 208 g/mol. The molecule has 0 aromatic rings. The molecule has 0 aromatic heterocycles. The van der Waals surface area contributed by atoms with Crippen molar-refractivity contribution in [3.05, 3.63) is 0 Å². The summed E-state index contributed by atoms with van der Waals surface area (Å²) in [4.78, 5) is 0. The maximum absolute atomic E-state index is 5.52. The Morgan fingerprint density at radius 3 is 2.06 bits per heavy atom. The molecule has 0 atom stereocenters. The summed E-state index contributed by atoms with van der Waals surface area (Å²) in [6, 6.07) is 0. The third-order valence-corrected chi connectivity index (χ3v) is 5.55. The molecule has 4 fully saturated rings. The summed E-state index contributed by atoms with van der Waals surface area (Å²) in [6.07, 6.45) is 11.9. The largest absolute Gasteiger partial charge is 0.330 e. The fraction of sp³-hybridized carbons (Fsp3) is 1.00. The average molecular weight is 236 g/mol. The smallest absolute Gasteiger partial charge is 0.00369 e. The first-order chi connectivity index (χ1) is 8.30. The van der Waals surface area contributed by atoms with Crippen molar-refractivity contribution in [3.63, 3.8) is 0 Å². The highest BCUT2D eigenvalue weighted by Gasteiger charge is 2.50. The summed E-state index contributed by atoms with van der Waals surface area (Å²) >= 11 is 0. The average Bonchev–Trinajstić information content (AvgIpc) is 2.26. The SMILES string of the molecule is NCCCNCCC12CC3CC(CC(C3)C1)C2. The number of hydrogen-bond acceptors (Lipinski definition) is 2. The lowest BCUT2D eigenvalue weighted by Gasteiger charge is -2.57. The van der Waals surface area contributed by atoms with Gasteiger partial charge < -0.3 is 11.1 Å². The first-order valence-electron chi connectivity index (χ1n) is 7.70. The molecule has 0 aromatic carbocycles. The van der Waals surface area contributed by atoms with Gasteiger partial charge in [0.25, 0.3) is 0 Å². The van der Waals surface area contributed by atoms with Gasteiger partial charge in [0.2, 0.25) is 0 Å². The fourth-order valence-corrected chi connectivity index (χ4v) is 5.30. The van der Waals surface area contributed by atoms with Crippen LogP contribution in [0.2, 0.25) is 0 Å². The van der Waals surface area contributed by atoms with Gasteiger partial charge in [-0.1, -0.05) is 0 Å². The lowest BCUT2D eigenvalue weighted by atomic mass is 9.49. The molecule has 4 bridgehead atoms. The monoisotopic (exact) mass is 236 g/mol. The zero-order valence-electron chi connectivity index (χ0n) is 11.1. The van der Waals surface area contributed by atoms with E-state index < -0.39 is 0 Å². The molecule has 4 aliphatic rings. The second kappa shape index (κ2) is 4.89. The van der Waals surface area contributed by atoms with Crippen LogP contribution in [-0.4, -0.2) is 19.6 Å². The van der Waals surface area contributed by atoms with Crippen LogP contribution in [0.25, 0.3) is 0 Å². The molecule has 4 rings (SSSR count). The molecule has 0 aliphatic heterocycles. The minimum atomic E-state index is 0.754. The van der Waals surface area contributed by atoms with Crippen molar-refractivity contribution >= 4 is 0 Å². The molecule has 4 saturated carbocycles.